The largest absolute Gasteiger partial charge is 0.508 e. The third kappa shape index (κ3) is 19.2. The minimum atomic E-state index is -2.37. The molecule has 26 heteroatoms. The summed E-state index contributed by atoms with van der Waals surface area (Å²) in [5.41, 5.74) is 5.68. The monoisotopic (exact) mass is 1190 g/mol. The predicted octanol–water partition coefficient (Wildman–Crippen LogP) is -0.527. The van der Waals surface area contributed by atoms with Crippen LogP contribution in [0.15, 0.2) is 47.4 Å². The molecular weight excluding hydrogens is 1100 g/mol. The molecule has 0 aliphatic carbocycles. The quantitative estimate of drug-likeness (QED) is 0.0659. The zero-order chi connectivity index (χ0) is 61.4. The molecule has 0 spiro atoms. The van der Waals surface area contributed by atoms with Crippen LogP contribution < -0.4 is 32.3 Å². The van der Waals surface area contributed by atoms with Crippen molar-refractivity contribution in [1.29, 1.82) is 0 Å². The Morgan fingerprint density at radius 1 is 0.735 bits per heavy atom. The van der Waals surface area contributed by atoms with Crippen LogP contribution in [0.2, 0.25) is 0 Å². The van der Waals surface area contributed by atoms with Crippen LogP contribution in [-0.2, 0) is 38.4 Å². The van der Waals surface area contributed by atoms with Crippen LogP contribution >= 0.6 is 11.8 Å². The molecule has 2 aromatic rings. The van der Waals surface area contributed by atoms with Crippen molar-refractivity contribution in [3.63, 3.8) is 0 Å². The molecule has 8 amide bonds. The number of fused-ring (bicyclic) bond motifs is 2. The van der Waals surface area contributed by atoms with Gasteiger partial charge in [0, 0.05) is 37.2 Å². The number of benzene rings is 2. The van der Waals surface area contributed by atoms with Gasteiger partial charge in [-0.2, -0.15) is 0 Å². The van der Waals surface area contributed by atoms with Gasteiger partial charge in [0.2, 0.25) is 47.3 Å². The Morgan fingerprint density at radius 2 is 1.36 bits per heavy atom. The van der Waals surface area contributed by atoms with E-state index in [0.717, 1.165) is 79.1 Å². The maximum Gasteiger partial charge on any atom is 0.248 e. The zero-order valence-corrected chi connectivity index (χ0v) is 48.6. The summed E-state index contributed by atoms with van der Waals surface area (Å²) in [6, 6.07) is -2.90. The van der Waals surface area contributed by atoms with Crippen molar-refractivity contribution in [2.24, 2.45) is 17.6 Å². The molecule has 25 nitrogen and oxygen atoms in total. The number of unbranched alkanes of at least 4 members (excludes halogenated alkanes) is 5. The zero-order valence-electron chi connectivity index (χ0n) is 47.8. The lowest BCUT2D eigenvalue weighted by molar-refractivity contribution is -0.148. The number of primary amides is 1. The summed E-state index contributed by atoms with van der Waals surface area (Å²) in [6.07, 6.45) is -7.38. The number of aromatic hydroxyl groups is 2. The normalized spacial score (nSPS) is 27.3. The molecule has 0 saturated carbocycles. The van der Waals surface area contributed by atoms with Crippen molar-refractivity contribution in [3.8, 4) is 11.5 Å². The van der Waals surface area contributed by atoms with Crippen LogP contribution in [0, 0.1) is 18.8 Å². The number of nitrogens with one attached hydrogen (secondary N) is 5. The van der Waals surface area contributed by atoms with E-state index in [0.29, 0.717) is 35.1 Å². The topological polar surface area (TPSA) is 411 Å². The van der Waals surface area contributed by atoms with Crippen molar-refractivity contribution in [2.75, 3.05) is 13.1 Å². The number of aliphatic hydroxyl groups excluding tert-OH is 7. The maximum atomic E-state index is 14.8. The molecule has 3 heterocycles. The molecule has 3 aliphatic rings. The lowest BCUT2D eigenvalue weighted by atomic mass is 9.91. The highest BCUT2D eigenvalue weighted by molar-refractivity contribution is 8.00. The predicted molar refractivity (Wildman–Crippen MR) is 302 cm³/mol. The average Bonchev–Trinajstić information content (AvgIpc) is 3.62. The van der Waals surface area contributed by atoms with E-state index in [1.165, 1.54) is 36.8 Å². The van der Waals surface area contributed by atoms with Gasteiger partial charge in [0.15, 0.2) is 0 Å². The molecular formula is C57H86N8O17S. The molecule has 0 aromatic heterocycles. The summed E-state index contributed by atoms with van der Waals surface area (Å²) in [5.74, 6) is -8.32. The highest BCUT2D eigenvalue weighted by Crippen LogP contribution is 2.32. The van der Waals surface area contributed by atoms with Gasteiger partial charge in [0.25, 0.3) is 0 Å². The second kappa shape index (κ2) is 31.7. The van der Waals surface area contributed by atoms with Gasteiger partial charge in [-0.25, -0.2) is 0 Å². The minimum Gasteiger partial charge on any atom is -0.508 e. The van der Waals surface area contributed by atoms with Gasteiger partial charge in [-0.05, 0) is 86.4 Å². The molecule has 5 rings (SSSR count). The van der Waals surface area contributed by atoms with Gasteiger partial charge in [-0.3, -0.25) is 38.4 Å². The van der Waals surface area contributed by atoms with Crippen molar-refractivity contribution < 1.29 is 84.3 Å². The van der Waals surface area contributed by atoms with Crippen molar-refractivity contribution in [2.45, 2.75) is 214 Å². The second-order valence-electron chi connectivity index (χ2n) is 22.6. The van der Waals surface area contributed by atoms with Crippen LogP contribution in [0.1, 0.15) is 135 Å². The summed E-state index contributed by atoms with van der Waals surface area (Å²) in [5, 5.41) is 111. The molecule has 16 atom stereocenters. The lowest BCUT2D eigenvalue weighted by Gasteiger charge is -2.34. The van der Waals surface area contributed by atoms with Gasteiger partial charge < -0.3 is 88.1 Å². The first kappa shape index (κ1) is 67.7. The standard InChI is InChI=1S/C57H86N8O17S/c1-6-29(2)23-30(3)13-11-9-7-8-10-12-14-44(74)59-37-26-42(72)55(83-36-19-20-39(69)31(4)24-36)63-54(80)48-40(70)21-22-64(48)57(82)46(41(71)27-43(58)73)61-53(79)47(50(76)49(75)33-15-17-34(67)18-16-33)62-52(78)38-25-35(68)28-65(38)56(81)45(32(5)66)60-51(37)77/h15-20,24,29-30,32,35,37-38,40-42,45-50,55,66-72,75-76H,6-14,21-23,25-28H2,1-5H3,(H2,58,73)(H,59,74)(H,60,77)(H,61,79)(H,62,78)(H,63,80)/t29?,30?,32-,35-,37+,38+,40+,41-,42-,45+,46+,47+,48+,49+,50+,55-/m1/s1. The lowest BCUT2D eigenvalue weighted by Crippen LogP contribution is -2.64. The van der Waals surface area contributed by atoms with Crippen molar-refractivity contribution >= 4 is 59.0 Å². The number of aliphatic hydroxyl groups is 7. The van der Waals surface area contributed by atoms with Crippen LogP contribution in [0.25, 0.3) is 0 Å². The van der Waals surface area contributed by atoms with E-state index in [4.69, 9.17) is 5.73 Å². The Kier molecular flexibility index (Phi) is 25.8. The van der Waals surface area contributed by atoms with Gasteiger partial charge in [0.1, 0.15) is 65.3 Å². The van der Waals surface area contributed by atoms with Gasteiger partial charge in [-0.1, -0.05) is 89.6 Å². The number of nitrogens with zero attached hydrogens (tertiary/aromatic N) is 2. The number of carbonyl (C=O) groups excluding carboxylic acids is 8. The summed E-state index contributed by atoms with van der Waals surface area (Å²) in [6.45, 7) is 8.42. The molecule has 0 bridgehead atoms. The molecule has 3 saturated heterocycles. The number of rotatable bonds is 22. The molecule has 83 heavy (non-hydrogen) atoms. The van der Waals surface area contributed by atoms with E-state index < -0.39 is 164 Å². The number of phenols is 2. The first-order chi connectivity index (χ1) is 39.2. The summed E-state index contributed by atoms with van der Waals surface area (Å²) < 4.78 is 0. The number of aryl methyl sites for hydroxylation is 1. The van der Waals surface area contributed by atoms with Gasteiger partial charge >= 0.3 is 0 Å². The fourth-order valence-electron chi connectivity index (χ4n) is 10.7. The molecule has 3 fully saturated rings. The molecule has 16 N–H and O–H groups in total. The Labute approximate surface area is 487 Å². The fourth-order valence-corrected chi connectivity index (χ4v) is 11.9. The third-order valence-electron chi connectivity index (χ3n) is 15.7. The Hall–Kier alpha value is -6.13. The number of thioether (sulfide) groups is 1. The molecule has 2 unspecified atom stereocenters. The molecule has 462 valence electrons. The van der Waals surface area contributed by atoms with Crippen LogP contribution in [0.3, 0.4) is 0 Å². The number of carbonyl (C=O) groups is 8. The van der Waals surface area contributed by atoms with Crippen LogP contribution in [0.4, 0.5) is 0 Å². The van der Waals surface area contributed by atoms with E-state index in [2.05, 4.69) is 47.4 Å². The minimum absolute atomic E-state index is 0.0632. The molecule has 3 aliphatic heterocycles. The van der Waals surface area contributed by atoms with E-state index in [1.54, 1.807) is 6.92 Å². The Balaban J connectivity index is 1.56. The first-order valence-electron chi connectivity index (χ1n) is 28.6. The van der Waals surface area contributed by atoms with E-state index in [1.807, 2.05) is 0 Å². The van der Waals surface area contributed by atoms with Gasteiger partial charge in [0.05, 0.1) is 36.9 Å². The molecule has 0 radical (unpaired) electrons. The third-order valence-corrected chi connectivity index (χ3v) is 16.9. The fraction of sp³-hybridized carbons (Fsp3) is 0.649. The summed E-state index contributed by atoms with van der Waals surface area (Å²) in [4.78, 5) is 116. The Morgan fingerprint density at radius 3 is 2.00 bits per heavy atom. The second-order valence-corrected chi connectivity index (χ2v) is 23.8. The summed E-state index contributed by atoms with van der Waals surface area (Å²) in [7, 11) is 0. The van der Waals surface area contributed by atoms with Crippen LogP contribution in [0.5, 0.6) is 11.5 Å². The number of hydrogen-bond acceptors (Lipinski definition) is 18. The number of hydrogen-bond donors (Lipinski definition) is 15. The first-order valence-corrected chi connectivity index (χ1v) is 29.5. The number of phenolic OH excluding ortho intramolecular Hbond substituents is 2. The summed E-state index contributed by atoms with van der Waals surface area (Å²) >= 11 is 0.811. The van der Waals surface area contributed by atoms with E-state index in [-0.39, 0.29) is 29.9 Å². The average molecular weight is 1190 g/mol. The van der Waals surface area contributed by atoms with Crippen LogP contribution in [-0.4, -0.2) is 194 Å². The highest BCUT2D eigenvalue weighted by Gasteiger charge is 2.49. The smallest absolute Gasteiger partial charge is 0.248 e. The van der Waals surface area contributed by atoms with Crippen molar-refractivity contribution in [1.82, 2.24) is 36.4 Å². The molecule has 2 aromatic carbocycles. The SMILES string of the molecule is CCC(C)CC(C)CCCCCCCCC(=O)N[C@H]1C[C@@H](O)[C@@H](Sc2ccc(O)c(C)c2)NC(=O)[C@@H]2[C@@H](O)CCN2C(=O)[C@H]([C@H](O)CC(N)=O)NC(=O)[C@H]([C@H](O)[C@@H](O)c2ccc(O)cc2)NC(=O)[C@@H]2C[C@@H](O)CN2C(=O)[C@H]([C@@H](C)O)NC1=O. The number of nitrogens with two attached hydrogens (primary N) is 1. The number of amides is 8. The maximum absolute atomic E-state index is 14.8. The Bertz CT molecular complexity index is 2550. The van der Waals surface area contributed by atoms with E-state index in [9.17, 15) is 84.3 Å². The van der Waals surface area contributed by atoms with Gasteiger partial charge in [-0.15, -0.1) is 0 Å². The van der Waals surface area contributed by atoms with Crippen molar-refractivity contribution in [3.05, 3.63) is 53.6 Å². The highest BCUT2D eigenvalue weighted by atomic mass is 32.2. The van der Waals surface area contributed by atoms with E-state index >= 15 is 0 Å².